The summed E-state index contributed by atoms with van der Waals surface area (Å²) in [5.41, 5.74) is 0. The smallest absolute Gasteiger partial charge is 0.170 e. The lowest BCUT2D eigenvalue weighted by atomic mass is 10.3. The molecule has 3 rings (SSSR count). The van der Waals surface area contributed by atoms with Crippen molar-refractivity contribution in [2.24, 2.45) is 0 Å². The highest BCUT2D eigenvalue weighted by Crippen LogP contribution is 2.55. The lowest BCUT2D eigenvalue weighted by Gasteiger charge is -2.26. The molecular formula is C22H22OP+. The first-order chi connectivity index (χ1) is 11.8. The molecule has 0 fully saturated rings. The molecule has 0 aliphatic rings. The standard InChI is InChI=1S/C22H22OP/c1-2-19(23)18-24(20-12-6-3-7-13-20,21-14-8-4-9-15-21)22-16-10-5-11-17-22/h3-17H,2,18H2,1H3/q+1. The van der Waals surface area contributed by atoms with Gasteiger partial charge in [0.15, 0.2) is 5.78 Å². The second-order valence-corrected chi connectivity index (χ2v) is 9.35. The fourth-order valence-corrected chi connectivity index (χ4v) is 7.38. The van der Waals surface area contributed by atoms with E-state index in [0.717, 1.165) is 0 Å². The van der Waals surface area contributed by atoms with E-state index < -0.39 is 7.26 Å². The quantitative estimate of drug-likeness (QED) is 0.624. The van der Waals surface area contributed by atoms with Crippen LogP contribution in [-0.2, 0) is 4.79 Å². The van der Waals surface area contributed by atoms with Gasteiger partial charge in [0.2, 0.25) is 0 Å². The van der Waals surface area contributed by atoms with Crippen LogP contribution in [-0.4, -0.2) is 11.9 Å². The fourth-order valence-electron chi connectivity index (χ4n) is 3.14. The van der Waals surface area contributed by atoms with Crippen molar-refractivity contribution in [1.29, 1.82) is 0 Å². The fraction of sp³-hybridized carbons (Fsp3) is 0.136. The van der Waals surface area contributed by atoms with Gasteiger partial charge >= 0.3 is 0 Å². The van der Waals surface area contributed by atoms with E-state index in [1.165, 1.54) is 15.9 Å². The number of ketones is 1. The van der Waals surface area contributed by atoms with Gasteiger partial charge in [-0.3, -0.25) is 4.79 Å². The van der Waals surface area contributed by atoms with E-state index in [9.17, 15) is 4.79 Å². The molecule has 0 heterocycles. The zero-order valence-corrected chi connectivity index (χ0v) is 14.8. The Morgan fingerprint density at radius 1 is 0.667 bits per heavy atom. The number of carbonyl (C=O) groups excluding carboxylic acids is 1. The van der Waals surface area contributed by atoms with Crippen molar-refractivity contribution in [3.05, 3.63) is 91.0 Å². The molecule has 0 atom stereocenters. The maximum Gasteiger partial charge on any atom is 0.170 e. The van der Waals surface area contributed by atoms with Crippen LogP contribution in [0.1, 0.15) is 13.3 Å². The summed E-state index contributed by atoms with van der Waals surface area (Å²) in [5.74, 6) is 0.319. The molecule has 24 heavy (non-hydrogen) atoms. The summed E-state index contributed by atoms with van der Waals surface area (Å²) in [7, 11) is -1.98. The van der Waals surface area contributed by atoms with E-state index in [-0.39, 0.29) is 0 Å². The summed E-state index contributed by atoms with van der Waals surface area (Å²) < 4.78 is 0. The third-order valence-electron chi connectivity index (χ3n) is 4.40. The van der Waals surface area contributed by atoms with E-state index in [2.05, 4.69) is 72.8 Å². The van der Waals surface area contributed by atoms with Crippen LogP contribution in [0.4, 0.5) is 0 Å². The highest BCUT2D eigenvalue weighted by atomic mass is 31.2. The van der Waals surface area contributed by atoms with Crippen LogP contribution in [0.2, 0.25) is 0 Å². The Morgan fingerprint density at radius 3 is 1.29 bits per heavy atom. The van der Waals surface area contributed by atoms with E-state index in [0.29, 0.717) is 18.4 Å². The van der Waals surface area contributed by atoms with Crippen molar-refractivity contribution >= 4 is 29.0 Å². The lowest BCUT2D eigenvalue weighted by Crippen LogP contribution is -2.35. The van der Waals surface area contributed by atoms with Crippen LogP contribution in [0.3, 0.4) is 0 Å². The van der Waals surface area contributed by atoms with Gasteiger partial charge in [-0.1, -0.05) is 61.5 Å². The molecule has 0 spiro atoms. The molecule has 3 aromatic rings. The van der Waals surface area contributed by atoms with Crippen molar-refractivity contribution in [3.8, 4) is 0 Å². The summed E-state index contributed by atoms with van der Waals surface area (Å²) in [6, 6.07) is 31.6. The van der Waals surface area contributed by atoms with Crippen molar-refractivity contribution in [3.63, 3.8) is 0 Å². The molecule has 0 unspecified atom stereocenters. The van der Waals surface area contributed by atoms with Gasteiger partial charge in [0.05, 0.1) is 0 Å². The minimum atomic E-state index is -1.98. The third-order valence-corrected chi connectivity index (χ3v) is 8.76. The lowest BCUT2D eigenvalue weighted by molar-refractivity contribution is -0.116. The van der Waals surface area contributed by atoms with Crippen molar-refractivity contribution in [1.82, 2.24) is 0 Å². The first kappa shape index (κ1) is 16.6. The Kier molecular flexibility index (Phi) is 5.23. The average Bonchev–Trinajstić information content (AvgIpc) is 2.68. The Morgan fingerprint density at radius 2 is 1.00 bits per heavy atom. The molecule has 0 saturated carbocycles. The largest absolute Gasteiger partial charge is 0.296 e. The molecule has 2 heteroatoms. The van der Waals surface area contributed by atoms with Gasteiger partial charge in [0.25, 0.3) is 0 Å². The second-order valence-electron chi connectivity index (χ2n) is 5.87. The molecule has 3 aromatic carbocycles. The molecule has 0 bridgehead atoms. The SMILES string of the molecule is CCC(=O)C[P+](c1ccccc1)(c1ccccc1)c1ccccc1. The third kappa shape index (κ3) is 3.18. The molecule has 0 aromatic heterocycles. The Hall–Kier alpha value is -2.24. The molecule has 120 valence electrons. The molecule has 0 aliphatic heterocycles. The van der Waals surface area contributed by atoms with Crippen LogP contribution in [0.15, 0.2) is 91.0 Å². The number of carbonyl (C=O) groups is 1. The highest BCUT2D eigenvalue weighted by molar-refractivity contribution is 7.96. The minimum absolute atomic E-state index is 0.319. The number of hydrogen-bond donors (Lipinski definition) is 0. The highest BCUT2D eigenvalue weighted by Gasteiger charge is 2.46. The van der Waals surface area contributed by atoms with Crippen LogP contribution >= 0.6 is 7.26 Å². The molecule has 0 N–H and O–H groups in total. The number of hydrogen-bond acceptors (Lipinski definition) is 1. The molecule has 0 amide bonds. The van der Waals surface area contributed by atoms with Gasteiger partial charge in [-0.15, -0.1) is 0 Å². The average molecular weight is 333 g/mol. The monoisotopic (exact) mass is 333 g/mol. The van der Waals surface area contributed by atoms with Gasteiger partial charge in [-0.05, 0) is 36.4 Å². The maximum atomic E-state index is 12.6. The van der Waals surface area contributed by atoms with E-state index in [1.807, 2.05) is 25.1 Å². The van der Waals surface area contributed by atoms with E-state index >= 15 is 0 Å². The number of Topliss-reactive ketones (excluding diaryl/α,β-unsaturated/α-hetero) is 1. The van der Waals surface area contributed by atoms with Gasteiger partial charge in [-0.25, -0.2) is 0 Å². The first-order valence-electron chi connectivity index (χ1n) is 8.34. The molecule has 0 saturated heterocycles. The van der Waals surface area contributed by atoms with Crippen LogP contribution in [0.5, 0.6) is 0 Å². The maximum absolute atomic E-state index is 12.6. The van der Waals surface area contributed by atoms with E-state index in [1.54, 1.807) is 0 Å². The topological polar surface area (TPSA) is 17.1 Å². The normalized spacial score (nSPS) is 11.2. The summed E-state index contributed by atoms with van der Waals surface area (Å²) in [4.78, 5) is 12.6. The Balaban J connectivity index is 2.30. The molecule has 0 radical (unpaired) electrons. The van der Waals surface area contributed by atoms with Crippen molar-refractivity contribution < 1.29 is 4.79 Å². The minimum Gasteiger partial charge on any atom is -0.296 e. The summed E-state index contributed by atoms with van der Waals surface area (Å²) in [5, 5.41) is 3.80. The van der Waals surface area contributed by atoms with Crippen molar-refractivity contribution in [2.75, 3.05) is 6.16 Å². The predicted octanol–water partition coefficient (Wildman–Crippen LogP) is 3.96. The van der Waals surface area contributed by atoms with Crippen LogP contribution in [0.25, 0.3) is 0 Å². The van der Waals surface area contributed by atoms with Crippen molar-refractivity contribution in [2.45, 2.75) is 13.3 Å². The van der Waals surface area contributed by atoms with Gasteiger partial charge in [0.1, 0.15) is 29.3 Å². The number of benzene rings is 3. The number of rotatable bonds is 6. The van der Waals surface area contributed by atoms with Gasteiger partial charge < -0.3 is 0 Å². The van der Waals surface area contributed by atoms with E-state index in [4.69, 9.17) is 0 Å². The Labute approximate surface area is 144 Å². The molecular weight excluding hydrogens is 311 g/mol. The molecule has 1 nitrogen and oxygen atoms in total. The van der Waals surface area contributed by atoms with Gasteiger partial charge in [0, 0.05) is 6.42 Å². The first-order valence-corrected chi connectivity index (χ1v) is 10.3. The summed E-state index contributed by atoms with van der Waals surface area (Å²) in [6.45, 7) is 1.96. The zero-order chi connectivity index (χ0) is 16.8. The Bertz CT molecular complexity index is 685. The summed E-state index contributed by atoms with van der Waals surface area (Å²) >= 11 is 0. The van der Waals surface area contributed by atoms with Crippen LogP contribution < -0.4 is 15.9 Å². The molecule has 0 aliphatic carbocycles. The van der Waals surface area contributed by atoms with Gasteiger partial charge in [-0.2, -0.15) is 0 Å². The zero-order valence-electron chi connectivity index (χ0n) is 13.9. The second kappa shape index (κ2) is 7.55. The summed E-state index contributed by atoms with van der Waals surface area (Å²) in [6.07, 6.45) is 1.16. The predicted molar refractivity (Wildman–Crippen MR) is 105 cm³/mol. The van der Waals surface area contributed by atoms with Crippen LogP contribution in [0, 0.1) is 0 Å².